The standard InChI is InChI=1S/C30H39N3O8/c1-6-8-10-39-25-18(31)14-19(38-5)16-12-15-13-17-23(33(3)4)26-22(29(32-41-26)40-11-9-7-2)28(36)30(17,37)27(35)20(15)24(34)21(16)25/h14-15,17,23,35,37H,6-13,31H2,1-5H3/t15-,17-,23-,30-/m0/s1. The van der Waals surface area contributed by atoms with Crippen molar-refractivity contribution in [2.24, 2.45) is 11.8 Å². The third-order valence-corrected chi connectivity index (χ3v) is 8.56. The number of carbonyl (C=O) groups excluding carboxylic acids is 2. The van der Waals surface area contributed by atoms with Crippen LogP contribution in [0, 0.1) is 11.8 Å². The monoisotopic (exact) mass is 569 g/mol. The number of methoxy groups -OCH3 is 1. The average Bonchev–Trinajstić information content (AvgIpc) is 3.35. The topological polar surface area (TPSA) is 158 Å². The smallest absolute Gasteiger partial charge is 0.265 e. The fraction of sp³-hybridized carbons (Fsp3) is 0.567. The number of unbranched alkanes of at least 4 members (excludes halogenated alkanes) is 2. The molecule has 4 atom stereocenters. The Hall–Kier alpha value is -3.57. The Morgan fingerprint density at radius 1 is 1.15 bits per heavy atom. The van der Waals surface area contributed by atoms with Crippen LogP contribution in [0.1, 0.15) is 84.0 Å². The number of allylic oxidation sites excluding steroid dienone is 1. The summed E-state index contributed by atoms with van der Waals surface area (Å²) in [6.45, 7) is 4.70. The number of hydrogen-bond acceptors (Lipinski definition) is 11. The second-order valence-corrected chi connectivity index (χ2v) is 11.3. The molecular weight excluding hydrogens is 530 g/mol. The molecule has 1 aromatic carbocycles. The third kappa shape index (κ3) is 4.37. The number of anilines is 1. The van der Waals surface area contributed by atoms with Gasteiger partial charge in [0.1, 0.15) is 17.1 Å². The molecule has 3 aliphatic carbocycles. The quantitative estimate of drug-likeness (QED) is 0.280. The summed E-state index contributed by atoms with van der Waals surface area (Å²) < 4.78 is 23.0. The summed E-state index contributed by atoms with van der Waals surface area (Å²) in [4.78, 5) is 30.1. The average molecular weight is 570 g/mol. The van der Waals surface area contributed by atoms with E-state index in [1.807, 2.05) is 18.7 Å². The molecule has 0 fully saturated rings. The molecule has 5 rings (SSSR count). The highest BCUT2D eigenvalue weighted by molar-refractivity contribution is 6.17. The number of fused-ring (bicyclic) bond motifs is 4. The van der Waals surface area contributed by atoms with Crippen LogP contribution in [0.4, 0.5) is 5.69 Å². The molecule has 1 aromatic heterocycles. The number of benzene rings is 1. The molecule has 1 heterocycles. The third-order valence-electron chi connectivity index (χ3n) is 8.56. The first-order valence-corrected chi connectivity index (χ1v) is 14.3. The Morgan fingerprint density at radius 3 is 2.46 bits per heavy atom. The Bertz CT molecular complexity index is 1400. The number of nitrogen functional groups attached to an aromatic ring is 1. The summed E-state index contributed by atoms with van der Waals surface area (Å²) in [6.07, 6.45) is 3.80. The number of rotatable bonds is 10. The van der Waals surface area contributed by atoms with Crippen molar-refractivity contribution in [1.82, 2.24) is 10.1 Å². The van der Waals surface area contributed by atoms with Crippen LogP contribution < -0.4 is 19.9 Å². The van der Waals surface area contributed by atoms with E-state index >= 15 is 0 Å². The molecule has 4 N–H and O–H groups in total. The summed E-state index contributed by atoms with van der Waals surface area (Å²) in [5.41, 5.74) is 4.95. The van der Waals surface area contributed by atoms with E-state index in [0.29, 0.717) is 30.9 Å². The van der Waals surface area contributed by atoms with E-state index in [-0.39, 0.29) is 46.2 Å². The van der Waals surface area contributed by atoms with Gasteiger partial charge in [-0.15, -0.1) is 0 Å². The predicted molar refractivity (Wildman–Crippen MR) is 150 cm³/mol. The molecule has 41 heavy (non-hydrogen) atoms. The first-order valence-electron chi connectivity index (χ1n) is 14.3. The predicted octanol–water partition coefficient (Wildman–Crippen LogP) is 4.04. The maximum Gasteiger partial charge on any atom is 0.265 e. The van der Waals surface area contributed by atoms with Crippen molar-refractivity contribution in [3.8, 4) is 17.4 Å². The molecule has 2 aromatic rings. The van der Waals surface area contributed by atoms with Crippen LogP contribution in [0.5, 0.6) is 17.4 Å². The van der Waals surface area contributed by atoms with Crippen molar-refractivity contribution < 1.29 is 38.5 Å². The minimum Gasteiger partial charge on any atom is -0.508 e. The first-order chi connectivity index (χ1) is 19.6. The number of aliphatic hydroxyl groups excluding tert-OH is 1. The van der Waals surface area contributed by atoms with Gasteiger partial charge in [0, 0.05) is 23.1 Å². The SMILES string of the molecule is CCCCOc1noc2c1C(=O)[C@@]1(O)C(O)=C3C(=O)c4c(c(OC)cc(N)c4OCCCC)C[C@H]3C[C@H]1[C@@H]2N(C)C. The molecule has 0 unspecified atom stereocenters. The van der Waals surface area contributed by atoms with Crippen LogP contribution in [-0.2, 0) is 6.42 Å². The Kier molecular flexibility index (Phi) is 7.78. The summed E-state index contributed by atoms with van der Waals surface area (Å²) in [6, 6.07) is 1.03. The van der Waals surface area contributed by atoms with Gasteiger partial charge in [0.05, 0.1) is 37.6 Å². The minimum atomic E-state index is -2.39. The lowest BCUT2D eigenvalue weighted by Gasteiger charge is -2.49. The highest BCUT2D eigenvalue weighted by atomic mass is 16.5. The molecule has 0 spiro atoms. The molecule has 11 heteroatoms. The van der Waals surface area contributed by atoms with Crippen molar-refractivity contribution in [3.63, 3.8) is 0 Å². The molecule has 0 bridgehead atoms. The number of carbonyl (C=O) groups is 2. The Labute approximate surface area is 239 Å². The lowest BCUT2D eigenvalue weighted by molar-refractivity contribution is -0.0559. The zero-order valence-corrected chi connectivity index (χ0v) is 24.3. The molecule has 0 amide bonds. The van der Waals surface area contributed by atoms with Gasteiger partial charge in [-0.1, -0.05) is 26.7 Å². The zero-order chi connectivity index (χ0) is 29.6. The molecule has 11 nitrogen and oxygen atoms in total. The van der Waals surface area contributed by atoms with Crippen LogP contribution in [-0.4, -0.2) is 71.9 Å². The number of ether oxygens (including phenoxy) is 3. The molecule has 0 saturated heterocycles. The summed E-state index contributed by atoms with van der Waals surface area (Å²) in [5.74, 6) is -2.39. The Balaban J connectivity index is 1.66. The maximum absolute atomic E-state index is 14.2. The van der Waals surface area contributed by atoms with E-state index in [4.69, 9.17) is 24.5 Å². The summed E-state index contributed by atoms with van der Waals surface area (Å²) >= 11 is 0. The van der Waals surface area contributed by atoms with E-state index < -0.39 is 40.8 Å². The summed E-state index contributed by atoms with van der Waals surface area (Å²) in [7, 11) is 5.11. The largest absolute Gasteiger partial charge is 0.508 e. The van der Waals surface area contributed by atoms with E-state index in [1.54, 1.807) is 20.2 Å². The van der Waals surface area contributed by atoms with Gasteiger partial charge >= 0.3 is 0 Å². The van der Waals surface area contributed by atoms with Crippen LogP contribution in [0.2, 0.25) is 0 Å². The molecule has 0 radical (unpaired) electrons. The van der Waals surface area contributed by atoms with Gasteiger partial charge in [-0.2, -0.15) is 0 Å². The van der Waals surface area contributed by atoms with Gasteiger partial charge in [0.2, 0.25) is 5.78 Å². The molecule has 0 aliphatic heterocycles. The van der Waals surface area contributed by atoms with Crippen LogP contribution in [0.25, 0.3) is 0 Å². The fourth-order valence-corrected chi connectivity index (χ4v) is 6.54. The van der Waals surface area contributed by atoms with Crippen molar-refractivity contribution >= 4 is 17.3 Å². The van der Waals surface area contributed by atoms with Gasteiger partial charge in [-0.25, -0.2) is 0 Å². The van der Waals surface area contributed by atoms with Gasteiger partial charge in [0.25, 0.3) is 5.88 Å². The normalized spacial score (nSPS) is 25.0. The van der Waals surface area contributed by atoms with Gasteiger partial charge < -0.3 is 34.7 Å². The van der Waals surface area contributed by atoms with E-state index in [9.17, 15) is 19.8 Å². The second-order valence-electron chi connectivity index (χ2n) is 11.3. The first kappa shape index (κ1) is 28.9. The lowest BCUT2D eigenvalue weighted by Crippen LogP contribution is -2.59. The van der Waals surface area contributed by atoms with Crippen molar-refractivity contribution in [3.05, 3.63) is 39.8 Å². The number of Topliss-reactive ketones (excluding diaryl/α,β-unsaturated/α-hetero) is 2. The van der Waals surface area contributed by atoms with Crippen LogP contribution >= 0.6 is 0 Å². The van der Waals surface area contributed by atoms with Crippen molar-refractivity contribution in [1.29, 1.82) is 0 Å². The van der Waals surface area contributed by atoms with Crippen LogP contribution in [0.3, 0.4) is 0 Å². The molecule has 3 aliphatic rings. The number of nitrogens with two attached hydrogens (primary N) is 1. The molecule has 222 valence electrons. The number of hydrogen-bond donors (Lipinski definition) is 3. The van der Waals surface area contributed by atoms with Gasteiger partial charge in [0.15, 0.2) is 22.9 Å². The second kappa shape index (κ2) is 11.0. The molecule has 0 saturated carbocycles. The van der Waals surface area contributed by atoms with E-state index in [0.717, 1.165) is 25.7 Å². The lowest BCUT2D eigenvalue weighted by atomic mass is 9.58. The zero-order valence-electron chi connectivity index (χ0n) is 24.3. The van der Waals surface area contributed by atoms with Crippen molar-refractivity contribution in [2.45, 2.75) is 64.0 Å². The Morgan fingerprint density at radius 2 is 1.83 bits per heavy atom. The van der Waals surface area contributed by atoms with Crippen molar-refractivity contribution in [2.75, 3.05) is 40.2 Å². The maximum atomic E-state index is 14.2. The summed E-state index contributed by atoms with van der Waals surface area (Å²) in [5, 5.41) is 28.0. The fourth-order valence-electron chi connectivity index (χ4n) is 6.54. The number of nitrogens with zero attached hydrogens (tertiary/aromatic N) is 2. The number of ketones is 2. The number of aromatic nitrogens is 1. The minimum absolute atomic E-state index is 0.0107. The highest BCUT2D eigenvalue weighted by Gasteiger charge is 2.64. The molecular formula is C30H39N3O8. The van der Waals surface area contributed by atoms with E-state index in [1.165, 1.54) is 7.11 Å². The van der Waals surface area contributed by atoms with Gasteiger partial charge in [-0.05, 0) is 50.9 Å². The van der Waals surface area contributed by atoms with Gasteiger partial charge in [-0.3, -0.25) is 14.5 Å². The van der Waals surface area contributed by atoms with Crippen LogP contribution in [0.15, 0.2) is 21.9 Å². The highest BCUT2D eigenvalue weighted by Crippen LogP contribution is 2.57. The number of aliphatic hydroxyl groups is 2. The van der Waals surface area contributed by atoms with E-state index in [2.05, 4.69) is 5.16 Å².